The summed E-state index contributed by atoms with van der Waals surface area (Å²) in [6.07, 6.45) is 4.95. The summed E-state index contributed by atoms with van der Waals surface area (Å²) in [5.41, 5.74) is 1.32. The van der Waals surface area contributed by atoms with Gasteiger partial charge in [-0.15, -0.1) is 11.3 Å². The predicted molar refractivity (Wildman–Crippen MR) is 103 cm³/mol. The molecule has 1 fully saturated rings. The fourth-order valence-corrected chi connectivity index (χ4v) is 4.64. The number of anilines is 1. The van der Waals surface area contributed by atoms with Gasteiger partial charge in [-0.1, -0.05) is 26.0 Å². The highest BCUT2D eigenvalue weighted by molar-refractivity contribution is 7.21. The zero-order valence-electron chi connectivity index (χ0n) is 14.5. The lowest BCUT2D eigenvalue weighted by Crippen LogP contribution is -2.21. The van der Waals surface area contributed by atoms with E-state index in [0.717, 1.165) is 34.0 Å². The normalized spacial score (nSPS) is 20.4. The number of para-hydroxylation sites is 1. The number of H-pyrrole nitrogens is 1. The zero-order chi connectivity index (χ0) is 17.4. The number of hydrogen-bond donors (Lipinski definition) is 2. The number of nitrogens with one attached hydrogen (secondary N) is 2. The summed E-state index contributed by atoms with van der Waals surface area (Å²) in [7, 11) is 0. The first-order valence-electron chi connectivity index (χ1n) is 8.82. The van der Waals surface area contributed by atoms with Crippen molar-refractivity contribution in [2.75, 3.05) is 5.32 Å². The van der Waals surface area contributed by atoms with Crippen molar-refractivity contribution in [1.82, 2.24) is 15.0 Å². The van der Waals surface area contributed by atoms with Gasteiger partial charge in [-0.2, -0.15) is 0 Å². The van der Waals surface area contributed by atoms with Crippen LogP contribution in [0.1, 0.15) is 33.1 Å². The summed E-state index contributed by atoms with van der Waals surface area (Å²) in [5.74, 6) is 2.09. The molecular formula is C19H22N4OS. The van der Waals surface area contributed by atoms with Crippen LogP contribution in [-0.2, 0) is 0 Å². The number of aromatic amines is 1. The fraction of sp³-hybridized carbons (Fsp3) is 0.421. The molecule has 2 atom stereocenters. The Bertz CT molecular complexity index is 913. The van der Waals surface area contributed by atoms with Crippen LogP contribution >= 0.6 is 11.3 Å². The van der Waals surface area contributed by atoms with Gasteiger partial charge in [0.2, 0.25) is 0 Å². The lowest BCUT2D eigenvalue weighted by Gasteiger charge is -2.17. The first-order valence-corrected chi connectivity index (χ1v) is 9.63. The minimum atomic E-state index is -0.144. The Hall–Kier alpha value is -2.21. The standard InChI is InChI=1S/C19H22N4OS/c1-11(2)12-7-8-13(9-12)22-17-16(18(24)21-10-20-17)19-23-14-5-3-4-6-15(14)25-19/h3-6,10-13H,7-9H2,1-2H3,(H2,20,21,22,24). The lowest BCUT2D eigenvalue weighted by molar-refractivity contribution is 0.393. The predicted octanol–water partition coefficient (Wildman–Crippen LogP) is 4.28. The van der Waals surface area contributed by atoms with Crippen LogP contribution in [-0.4, -0.2) is 21.0 Å². The second-order valence-electron chi connectivity index (χ2n) is 7.10. The van der Waals surface area contributed by atoms with E-state index in [4.69, 9.17) is 0 Å². The maximum Gasteiger partial charge on any atom is 0.263 e. The first-order chi connectivity index (χ1) is 12.1. The van der Waals surface area contributed by atoms with Crippen LogP contribution in [0.3, 0.4) is 0 Å². The molecule has 2 aromatic heterocycles. The highest BCUT2D eigenvalue weighted by Crippen LogP contribution is 2.35. The van der Waals surface area contributed by atoms with E-state index >= 15 is 0 Å². The van der Waals surface area contributed by atoms with Gasteiger partial charge < -0.3 is 10.3 Å². The molecule has 0 amide bonds. The summed E-state index contributed by atoms with van der Waals surface area (Å²) in [6, 6.07) is 8.31. The molecule has 25 heavy (non-hydrogen) atoms. The van der Waals surface area contributed by atoms with E-state index in [-0.39, 0.29) is 5.56 Å². The van der Waals surface area contributed by atoms with Crippen molar-refractivity contribution in [3.63, 3.8) is 0 Å². The van der Waals surface area contributed by atoms with Gasteiger partial charge in [-0.3, -0.25) is 4.79 Å². The van der Waals surface area contributed by atoms with Crippen molar-refractivity contribution in [3.05, 3.63) is 40.9 Å². The molecule has 1 aromatic carbocycles. The van der Waals surface area contributed by atoms with Gasteiger partial charge in [0.25, 0.3) is 5.56 Å². The van der Waals surface area contributed by atoms with Crippen LogP contribution < -0.4 is 10.9 Å². The highest BCUT2D eigenvalue weighted by atomic mass is 32.1. The maximum atomic E-state index is 12.5. The number of aromatic nitrogens is 3. The van der Waals surface area contributed by atoms with E-state index in [2.05, 4.69) is 34.1 Å². The third-order valence-corrected chi connectivity index (χ3v) is 6.17. The fourth-order valence-electron chi connectivity index (χ4n) is 3.63. The van der Waals surface area contributed by atoms with E-state index in [1.807, 2.05) is 24.3 Å². The monoisotopic (exact) mass is 354 g/mol. The van der Waals surface area contributed by atoms with Gasteiger partial charge in [0.1, 0.15) is 16.4 Å². The van der Waals surface area contributed by atoms with E-state index in [1.165, 1.54) is 24.1 Å². The van der Waals surface area contributed by atoms with Gasteiger partial charge in [-0.05, 0) is 43.2 Å². The average Bonchev–Trinajstić information content (AvgIpc) is 3.21. The Morgan fingerprint density at radius 2 is 2.12 bits per heavy atom. The Balaban J connectivity index is 1.68. The molecular weight excluding hydrogens is 332 g/mol. The van der Waals surface area contributed by atoms with Crippen molar-refractivity contribution in [2.45, 2.75) is 39.2 Å². The quantitative estimate of drug-likeness (QED) is 0.733. The largest absolute Gasteiger partial charge is 0.367 e. The molecule has 0 saturated heterocycles. The van der Waals surface area contributed by atoms with Crippen molar-refractivity contribution in [1.29, 1.82) is 0 Å². The molecule has 1 aliphatic rings. The number of thiazole rings is 1. The van der Waals surface area contributed by atoms with Crippen LogP contribution in [0.5, 0.6) is 0 Å². The minimum Gasteiger partial charge on any atom is -0.367 e. The second kappa shape index (κ2) is 6.59. The number of nitrogens with zero attached hydrogens (tertiary/aromatic N) is 2. The van der Waals surface area contributed by atoms with Crippen molar-refractivity contribution < 1.29 is 0 Å². The van der Waals surface area contributed by atoms with Crippen molar-refractivity contribution >= 4 is 27.4 Å². The Labute approximate surface area is 150 Å². The van der Waals surface area contributed by atoms with Crippen LogP contribution in [0, 0.1) is 11.8 Å². The van der Waals surface area contributed by atoms with Gasteiger partial charge in [-0.25, -0.2) is 9.97 Å². The zero-order valence-corrected chi connectivity index (χ0v) is 15.3. The lowest BCUT2D eigenvalue weighted by atomic mass is 9.94. The van der Waals surface area contributed by atoms with E-state index < -0.39 is 0 Å². The van der Waals surface area contributed by atoms with Crippen LogP contribution in [0.15, 0.2) is 35.4 Å². The molecule has 5 nitrogen and oxygen atoms in total. The molecule has 6 heteroatoms. The molecule has 0 spiro atoms. The summed E-state index contributed by atoms with van der Waals surface area (Å²) in [5, 5.41) is 4.23. The smallest absolute Gasteiger partial charge is 0.263 e. The molecule has 0 aliphatic heterocycles. The molecule has 0 radical (unpaired) electrons. The number of rotatable bonds is 4. The van der Waals surface area contributed by atoms with E-state index in [9.17, 15) is 4.79 Å². The van der Waals surface area contributed by atoms with Gasteiger partial charge in [0.05, 0.1) is 16.5 Å². The molecule has 2 heterocycles. The summed E-state index contributed by atoms with van der Waals surface area (Å²) in [4.78, 5) is 24.2. The third kappa shape index (κ3) is 3.18. The van der Waals surface area contributed by atoms with E-state index in [0.29, 0.717) is 23.3 Å². The van der Waals surface area contributed by atoms with Crippen LogP contribution in [0.25, 0.3) is 20.8 Å². The average molecular weight is 354 g/mol. The molecule has 1 aliphatic carbocycles. The first kappa shape index (κ1) is 16.3. The molecule has 1 saturated carbocycles. The van der Waals surface area contributed by atoms with Gasteiger partial charge in [0, 0.05) is 6.04 Å². The SMILES string of the molecule is CC(C)C1CCC(Nc2nc[nH]c(=O)c2-c2nc3ccccc3s2)C1. The molecule has 4 rings (SSSR count). The Kier molecular flexibility index (Phi) is 4.29. The molecule has 2 unspecified atom stereocenters. The number of hydrogen-bond acceptors (Lipinski definition) is 5. The van der Waals surface area contributed by atoms with Crippen molar-refractivity contribution in [3.8, 4) is 10.6 Å². The molecule has 3 aromatic rings. The summed E-state index contributed by atoms with van der Waals surface area (Å²) in [6.45, 7) is 4.57. The van der Waals surface area contributed by atoms with Crippen LogP contribution in [0.4, 0.5) is 5.82 Å². The molecule has 2 N–H and O–H groups in total. The second-order valence-corrected chi connectivity index (χ2v) is 8.13. The third-order valence-electron chi connectivity index (χ3n) is 5.12. The summed E-state index contributed by atoms with van der Waals surface area (Å²) >= 11 is 1.53. The topological polar surface area (TPSA) is 70.7 Å². The molecule has 0 bridgehead atoms. The molecule has 130 valence electrons. The minimum absolute atomic E-state index is 0.144. The highest BCUT2D eigenvalue weighted by Gasteiger charge is 2.28. The van der Waals surface area contributed by atoms with E-state index in [1.54, 1.807) is 0 Å². The van der Waals surface area contributed by atoms with Gasteiger partial charge >= 0.3 is 0 Å². The number of benzene rings is 1. The maximum absolute atomic E-state index is 12.5. The summed E-state index contributed by atoms with van der Waals surface area (Å²) < 4.78 is 1.08. The van der Waals surface area contributed by atoms with Gasteiger partial charge in [0.15, 0.2) is 0 Å². The van der Waals surface area contributed by atoms with Crippen LogP contribution in [0.2, 0.25) is 0 Å². The van der Waals surface area contributed by atoms with Crippen molar-refractivity contribution in [2.24, 2.45) is 11.8 Å². The Morgan fingerprint density at radius 3 is 2.88 bits per heavy atom. The Morgan fingerprint density at radius 1 is 1.28 bits per heavy atom. The number of fused-ring (bicyclic) bond motifs is 1.